The average Bonchev–Trinajstić information content (AvgIpc) is 2.34. The molecule has 1 aliphatic heterocycles. The highest BCUT2D eigenvalue weighted by Crippen LogP contribution is 2.30. The molecule has 1 saturated heterocycles. The summed E-state index contributed by atoms with van der Waals surface area (Å²) in [7, 11) is 0. The van der Waals surface area contributed by atoms with Gasteiger partial charge in [0.1, 0.15) is 0 Å². The van der Waals surface area contributed by atoms with Crippen molar-refractivity contribution in [3.05, 3.63) is 35.9 Å². The van der Waals surface area contributed by atoms with Crippen LogP contribution in [0.3, 0.4) is 0 Å². The van der Waals surface area contributed by atoms with Crippen LogP contribution in [0.5, 0.6) is 0 Å². The van der Waals surface area contributed by atoms with Crippen molar-refractivity contribution in [3.8, 4) is 0 Å². The third kappa shape index (κ3) is 2.89. The highest BCUT2D eigenvalue weighted by Gasteiger charge is 2.35. The van der Waals surface area contributed by atoms with Crippen LogP contribution in [-0.2, 0) is 14.3 Å². The van der Waals surface area contributed by atoms with Gasteiger partial charge in [-0.05, 0) is 19.4 Å². The Balaban J connectivity index is 2.15. The van der Waals surface area contributed by atoms with E-state index in [0.29, 0.717) is 0 Å². The number of hydrogen-bond donors (Lipinski definition) is 1. The molecule has 1 aromatic rings. The summed E-state index contributed by atoms with van der Waals surface area (Å²) in [6.07, 6.45) is -0.928. The Hall–Kier alpha value is -1.39. The summed E-state index contributed by atoms with van der Waals surface area (Å²) in [6, 6.07) is 9.75. The van der Waals surface area contributed by atoms with Crippen molar-refractivity contribution in [3.63, 3.8) is 0 Å². The maximum absolute atomic E-state index is 11.9. The van der Waals surface area contributed by atoms with Crippen LogP contribution in [0.25, 0.3) is 0 Å². The van der Waals surface area contributed by atoms with Gasteiger partial charge in [0.25, 0.3) is 0 Å². The first-order valence-electron chi connectivity index (χ1n) is 6.24. The van der Waals surface area contributed by atoms with Crippen LogP contribution in [0.1, 0.15) is 32.4 Å². The molecule has 1 N–H and O–H groups in total. The summed E-state index contributed by atoms with van der Waals surface area (Å²) in [5, 5.41) is 2.71. The third-order valence-electron chi connectivity index (χ3n) is 2.92. The molecule has 0 unspecified atom stereocenters. The number of ether oxygens (including phenoxy) is 2. The normalized spacial score (nSPS) is 28.2. The van der Waals surface area contributed by atoms with Gasteiger partial charge in [-0.2, -0.15) is 0 Å². The lowest BCUT2D eigenvalue weighted by atomic mass is 9.95. The predicted octanol–water partition coefficient (Wildman–Crippen LogP) is 2.22. The fraction of sp³-hybridized carbons (Fsp3) is 0.500. The minimum absolute atomic E-state index is 0.000120. The summed E-state index contributed by atoms with van der Waals surface area (Å²) in [5.74, 6) is -0.264. The highest BCUT2D eigenvalue weighted by atomic mass is 16.7. The molecule has 0 bridgehead atoms. The largest absolute Gasteiger partial charge is 0.333 e. The monoisotopic (exact) mass is 249 g/mol. The van der Waals surface area contributed by atoms with E-state index in [1.807, 2.05) is 51.1 Å². The maximum atomic E-state index is 11.9. The van der Waals surface area contributed by atoms with Gasteiger partial charge in [0.2, 0.25) is 12.3 Å². The molecular weight excluding hydrogens is 230 g/mol. The Morgan fingerprint density at radius 3 is 2.56 bits per heavy atom. The zero-order valence-electron chi connectivity index (χ0n) is 10.9. The van der Waals surface area contributed by atoms with Gasteiger partial charge < -0.3 is 14.8 Å². The van der Waals surface area contributed by atoms with Gasteiger partial charge in [-0.15, -0.1) is 0 Å². The SMILES string of the molecule is CC(C)O[C@H]1NC(=O)[C@@H](C)[C@H](c2ccccc2)O1. The second-order valence-electron chi connectivity index (χ2n) is 4.78. The number of rotatable bonds is 3. The number of benzene rings is 1. The molecule has 1 amide bonds. The van der Waals surface area contributed by atoms with Crippen molar-refractivity contribution >= 4 is 5.91 Å². The van der Waals surface area contributed by atoms with Gasteiger partial charge in [-0.1, -0.05) is 37.3 Å². The molecule has 1 aliphatic rings. The van der Waals surface area contributed by atoms with Crippen molar-refractivity contribution in [1.29, 1.82) is 0 Å². The van der Waals surface area contributed by atoms with E-state index < -0.39 is 6.41 Å². The molecule has 1 fully saturated rings. The minimum Gasteiger partial charge on any atom is -0.333 e. The van der Waals surface area contributed by atoms with Crippen LogP contribution in [-0.4, -0.2) is 18.4 Å². The Labute approximate surface area is 107 Å². The summed E-state index contributed by atoms with van der Waals surface area (Å²) >= 11 is 0. The smallest absolute Gasteiger partial charge is 0.240 e. The van der Waals surface area contributed by atoms with Gasteiger partial charge >= 0.3 is 0 Å². The van der Waals surface area contributed by atoms with E-state index >= 15 is 0 Å². The maximum Gasteiger partial charge on any atom is 0.240 e. The van der Waals surface area contributed by atoms with Crippen LogP contribution >= 0.6 is 0 Å². The first-order chi connectivity index (χ1) is 8.58. The van der Waals surface area contributed by atoms with E-state index in [0.717, 1.165) is 5.56 Å². The fourth-order valence-corrected chi connectivity index (χ4v) is 1.99. The Bertz CT molecular complexity index is 405. The molecule has 98 valence electrons. The second kappa shape index (κ2) is 5.50. The molecule has 0 aliphatic carbocycles. The molecule has 4 nitrogen and oxygen atoms in total. The number of amides is 1. The zero-order chi connectivity index (χ0) is 13.1. The topological polar surface area (TPSA) is 47.6 Å². The summed E-state index contributed by atoms with van der Waals surface area (Å²) in [6.45, 7) is 5.68. The first-order valence-corrected chi connectivity index (χ1v) is 6.24. The molecule has 0 aromatic heterocycles. The summed E-state index contributed by atoms with van der Waals surface area (Å²) in [4.78, 5) is 11.9. The summed E-state index contributed by atoms with van der Waals surface area (Å²) in [5.41, 5.74) is 0.997. The first kappa shape index (κ1) is 13.1. The van der Waals surface area contributed by atoms with Crippen LogP contribution in [0.4, 0.5) is 0 Å². The van der Waals surface area contributed by atoms with Gasteiger partial charge in [-0.3, -0.25) is 4.79 Å². The number of carbonyl (C=O) groups is 1. The fourth-order valence-electron chi connectivity index (χ4n) is 1.99. The molecule has 0 saturated carbocycles. The molecule has 1 aromatic carbocycles. The van der Waals surface area contributed by atoms with Crippen LogP contribution < -0.4 is 5.32 Å². The highest BCUT2D eigenvalue weighted by molar-refractivity contribution is 5.79. The second-order valence-corrected chi connectivity index (χ2v) is 4.78. The quantitative estimate of drug-likeness (QED) is 0.893. The molecular formula is C14H19NO3. The van der Waals surface area contributed by atoms with Crippen molar-refractivity contribution < 1.29 is 14.3 Å². The Morgan fingerprint density at radius 2 is 1.94 bits per heavy atom. The standard InChI is InChI=1S/C14H19NO3/c1-9(2)17-14-15-13(16)10(3)12(18-14)11-7-5-4-6-8-11/h4-10,12,14H,1-3H3,(H,15,16)/t10-,12+,14+/m0/s1. The van der Waals surface area contributed by atoms with E-state index in [1.165, 1.54) is 0 Å². The van der Waals surface area contributed by atoms with E-state index in [1.54, 1.807) is 0 Å². The van der Waals surface area contributed by atoms with Crippen molar-refractivity contribution in [1.82, 2.24) is 5.32 Å². The van der Waals surface area contributed by atoms with Gasteiger partial charge in [0.05, 0.1) is 18.1 Å². The molecule has 1 heterocycles. The molecule has 3 atom stereocenters. The van der Waals surface area contributed by atoms with Crippen LogP contribution in [0.2, 0.25) is 0 Å². The molecule has 4 heteroatoms. The van der Waals surface area contributed by atoms with Crippen molar-refractivity contribution in [2.24, 2.45) is 5.92 Å². The molecule has 0 radical (unpaired) electrons. The van der Waals surface area contributed by atoms with Gasteiger partial charge in [0, 0.05) is 0 Å². The van der Waals surface area contributed by atoms with E-state index in [2.05, 4.69) is 5.32 Å². The lowest BCUT2D eigenvalue weighted by Gasteiger charge is -2.35. The van der Waals surface area contributed by atoms with E-state index in [9.17, 15) is 4.79 Å². The molecule has 2 rings (SSSR count). The van der Waals surface area contributed by atoms with Gasteiger partial charge in [0.15, 0.2) is 0 Å². The predicted molar refractivity (Wildman–Crippen MR) is 67.6 cm³/mol. The van der Waals surface area contributed by atoms with Crippen molar-refractivity contribution in [2.45, 2.75) is 39.4 Å². The Morgan fingerprint density at radius 1 is 1.28 bits per heavy atom. The summed E-state index contributed by atoms with van der Waals surface area (Å²) < 4.78 is 11.3. The minimum atomic E-state index is -0.668. The molecule has 0 spiro atoms. The number of carbonyl (C=O) groups excluding carboxylic acids is 1. The molecule has 18 heavy (non-hydrogen) atoms. The van der Waals surface area contributed by atoms with Gasteiger partial charge in [-0.25, -0.2) is 0 Å². The number of nitrogens with one attached hydrogen (secondary N) is 1. The zero-order valence-corrected chi connectivity index (χ0v) is 10.9. The lowest BCUT2D eigenvalue weighted by molar-refractivity contribution is -0.232. The van der Waals surface area contributed by atoms with E-state index in [-0.39, 0.29) is 24.0 Å². The third-order valence-corrected chi connectivity index (χ3v) is 2.92. The van der Waals surface area contributed by atoms with Crippen LogP contribution in [0.15, 0.2) is 30.3 Å². The average molecular weight is 249 g/mol. The lowest BCUT2D eigenvalue weighted by Crippen LogP contribution is -2.50. The van der Waals surface area contributed by atoms with Crippen molar-refractivity contribution in [2.75, 3.05) is 0 Å². The van der Waals surface area contributed by atoms with Crippen LogP contribution in [0, 0.1) is 5.92 Å². The number of hydrogen-bond acceptors (Lipinski definition) is 3. The Kier molecular flexibility index (Phi) is 3.99. The van der Waals surface area contributed by atoms with E-state index in [4.69, 9.17) is 9.47 Å².